The van der Waals surface area contributed by atoms with Crippen molar-refractivity contribution in [3.05, 3.63) is 0 Å². The summed E-state index contributed by atoms with van der Waals surface area (Å²) in [4.78, 5) is 0. The van der Waals surface area contributed by atoms with Crippen LogP contribution in [0.15, 0.2) is 0 Å². The van der Waals surface area contributed by atoms with Crippen LogP contribution in [0.2, 0.25) is 0 Å². The van der Waals surface area contributed by atoms with Gasteiger partial charge in [-0.2, -0.15) is 0 Å². The van der Waals surface area contributed by atoms with Gasteiger partial charge in [-0.3, -0.25) is 0 Å². The van der Waals surface area contributed by atoms with Crippen LogP contribution in [-0.2, 0) is 4.74 Å². The molecule has 0 aromatic rings. The van der Waals surface area contributed by atoms with E-state index in [9.17, 15) is 0 Å². The smallest absolute Gasteiger partial charge is 0.0488 e. The van der Waals surface area contributed by atoms with Crippen molar-refractivity contribution in [2.75, 3.05) is 26.8 Å². The lowest BCUT2D eigenvalue weighted by molar-refractivity contribution is 0.0954. The maximum absolute atomic E-state index is 5.63. The molecule has 0 fully saturated rings. The van der Waals surface area contributed by atoms with Crippen LogP contribution in [0.5, 0.6) is 0 Å². The Kier molecular flexibility index (Phi) is 9.12. The predicted molar refractivity (Wildman–Crippen MR) is 67.1 cm³/mol. The van der Waals surface area contributed by atoms with Gasteiger partial charge in [0.15, 0.2) is 0 Å². The predicted octanol–water partition coefficient (Wildman–Crippen LogP) is 2.93. The molecule has 0 aromatic carbocycles. The van der Waals surface area contributed by atoms with Gasteiger partial charge in [-0.1, -0.05) is 27.7 Å². The molecule has 0 rings (SSSR count). The first kappa shape index (κ1) is 14.9. The van der Waals surface area contributed by atoms with Gasteiger partial charge in [-0.25, -0.2) is 0 Å². The molecule has 0 saturated heterocycles. The van der Waals surface area contributed by atoms with E-state index in [4.69, 9.17) is 4.74 Å². The Morgan fingerprint density at radius 3 is 2.20 bits per heavy atom. The Morgan fingerprint density at radius 2 is 1.73 bits per heavy atom. The Balaban J connectivity index is 3.56. The van der Waals surface area contributed by atoms with Crippen molar-refractivity contribution >= 4 is 0 Å². The number of ether oxygens (including phenoxy) is 1. The van der Waals surface area contributed by atoms with E-state index < -0.39 is 0 Å². The molecule has 0 aliphatic carbocycles. The number of hydrogen-bond acceptors (Lipinski definition) is 2. The first-order valence-electron chi connectivity index (χ1n) is 6.28. The van der Waals surface area contributed by atoms with E-state index >= 15 is 0 Å². The first-order valence-corrected chi connectivity index (χ1v) is 6.28. The molecule has 1 N–H and O–H groups in total. The zero-order chi connectivity index (χ0) is 11.7. The monoisotopic (exact) mass is 215 g/mol. The molecule has 2 nitrogen and oxygen atoms in total. The van der Waals surface area contributed by atoms with Crippen LogP contribution < -0.4 is 5.32 Å². The van der Waals surface area contributed by atoms with Crippen molar-refractivity contribution in [3.8, 4) is 0 Å². The van der Waals surface area contributed by atoms with Crippen molar-refractivity contribution in [3.63, 3.8) is 0 Å². The van der Waals surface area contributed by atoms with Crippen LogP contribution in [0.3, 0.4) is 0 Å². The highest BCUT2D eigenvalue weighted by atomic mass is 16.5. The van der Waals surface area contributed by atoms with Crippen molar-refractivity contribution in [2.45, 2.75) is 40.5 Å². The topological polar surface area (TPSA) is 21.3 Å². The summed E-state index contributed by atoms with van der Waals surface area (Å²) in [5.74, 6) is 2.20. The molecule has 2 heteroatoms. The van der Waals surface area contributed by atoms with Crippen LogP contribution in [0, 0.1) is 17.8 Å². The summed E-state index contributed by atoms with van der Waals surface area (Å²) in [6.07, 6.45) is 2.48. The lowest BCUT2D eigenvalue weighted by Crippen LogP contribution is -2.22. The first-order chi connectivity index (χ1) is 7.06. The number of rotatable bonds is 9. The molecule has 92 valence electrons. The molecule has 0 radical (unpaired) electrons. The second kappa shape index (κ2) is 9.17. The molecule has 0 amide bonds. The van der Waals surface area contributed by atoms with Crippen molar-refractivity contribution in [1.29, 1.82) is 0 Å². The highest BCUT2D eigenvalue weighted by molar-refractivity contribution is 4.63. The summed E-state index contributed by atoms with van der Waals surface area (Å²) in [7, 11) is 2.03. The zero-order valence-electron chi connectivity index (χ0n) is 11.2. The van der Waals surface area contributed by atoms with Gasteiger partial charge in [0.05, 0.1) is 0 Å². The fraction of sp³-hybridized carbons (Fsp3) is 1.00. The summed E-state index contributed by atoms with van der Waals surface area (Å²) in [5, 5.41) is 3.27. The van der Waals surface area contributed by atoms with Crippen molar-refractivity contribution in [2.24, 2.45) is 17.8 Å². The van der Waals surface area contributed by atoms with Crippen LogP contribution in [-0.4, -0.2) is 26.8 Å². The molecular formula is C13H29NO. The largest absolute Gasteiger partial charge is 0.381 e. The van der Waals surface area contributed by atoms with Gasteiger partial charge in [-0.15, -0.1) is 0 Å². The van der Waals surface area contributed by atoms with E-state index in [1.54, 1.807) is 0 Å². The lowest BCUT2D eigenvalue weighted by atomic mass is 9.94. The highest BCUT2D eigenvalue weighted by Gasteiger charge is 2.09. The second-order valence-corrected chi connectivity index (χ2v) is 5.31. The Hall–Kier alpha value is -0.0800. The quantitative estimate of drug-likeness (QED) is 0.597. The molecule has 15 heavy (non-hydrogen) atoms. The fourth-order valence-electron chi connectivity index (χ4n) is 1.83. The minimum Gasteiger partial charge on any atom is -0.381 e. The molecule has 0 bridgehead atoms. The molecule has 0 aliphatic heterocycles. The van der Waals surface area contributed by atoms with E-state index in [1.807, 2.05) is 7.05 Å². The molecular weight excluding hydrogens is 186 g/mol. The summed E-state index contributed by atoms with van der Waals surface area (Å²) in [6.45, 7) is 11.9. The van der Waals surface area contributed by atoms with E-state index in [0.717, 1.165) is 31.6 Å². The third-order valence-corrected chi connectivity index (χ3v) is 2.42. The maximum Gasteiger partial charge on any atom is 0.0488 e. The van der Waals surface area contributed by atoms with Crippen molar-refractivity contribution in [1.82, 2.24) is 5.32 Å². The summed E-state index contributed by atoms with van der Waals surface area (Å²) in [6, 6.07) is 0. The minimum absolute atomic E-state index is 0.651. The Labute approximate surface area is 95.8 Å². The van der Waals surface area contributed by atoms with E-state index in [1.165, 1.54) is 12.8 Å². The van der Waals surface area contributed by atoms with E-state index in [2.05, 4.69) is 33.0 Å². The Morgan fingerprint density at radius 1 is 1.07 bits per heavy atom. The average molecular weight is 215 g/mol. The minimum atomic E-state index is 0.651. The fourth-order valence-corrected chi connectivity index (χ4v) is 1.83. The van der Waals surface area contributed by atoms with E-state index in [0.29, 0.717) is 5.92 Å². The summed E-state index contributed by atoms with van der Waals surface area (Å²) < 4.78 is 5.63. The van der Waals surface area contributed by atoms with Crippen molar-refractivity contribution < 1.29 is 4.74 Å². The SMILES string of the molecule is CNCC(CCOCC(C)C)CC(C)C. The second-order valence-electron chi connectivity index (χ2n) is 5.31. The molecule has 0 heterocycles. The highest BCUT2D eigenvalue weighted by Crippen LogP contribution is 2.14. The van der Waals surface area contributed by atoms with Crippen LogP contribution in [0.4, 0.5) is 0 Å². The lowest BCUT2D eigenvalue weighted by Gasteiger charge is -2.18. The molecule has 1 unspecified atom stereocenters. The average Bonchev–Trinajstić information content (AvgIpc) is 2.11. The zero-order valence-corrected chi connectivity index (χ0v) is 11.2. The Bertz CT molecular complexity index is 134. The van der Waals surface area contributed by atoms with Gasteiger partial charge in [-0.05, 0) is 44.2 Å². The van der Waals surface area contributed by atoms with Gasteiger partial charge in [0.1, 0.15) is 0 Å². The van der Waals surface area contributed by atoms with Crippen LogP contribution in [0.1, 0.15) is 40.5 Å². The third kappa shape index (κ3) is 10.2. The molecule has 1 atom stereocenters. The standard InChI is InChI=1S/C13H29NO/c1-11(2)8-13(9-14-5)6-7-15-10-12(3)4/h11-14H,6-10H2,1-5H3. The maximum atomic E-state index is 5.63. The van der Waals surface area contributed by atoms with Gasteiger partial charge in [0, 0.05) is 13.2 Å². The molecule has 0 spiro atoms. The molecule has 0 saturated carbocycles. The molecule has 0 aliphatic rings. The number of hydrogen-bond donors (Lipinski definition) is 1. The van der Waals surface area contributed by atoms with Gasteiger partial charge < -0.3 is 10.1 Å². The van der Waals surface area contributed by atoms with Gasteiger partial charge in [0.25, 0.3) is 0 Å². The normalized spacial score (nSPS) is 13.8. The third-order valence-electron chi connectivity index (χ3n) is 2.42. The van der Waals surface area contributed by atoms with E-state index in [-0.39, 0.29) is 0 Å². The summed E-state index contributed by atoms with van der Waals surface area (Å²) >= 11 is 0. The van der Waals surface area contributed by atoms with Crippen LogP contribution >= 0.6 is 0 Å². The van der Waals surface area contributed by atoms with Crippen LogP contribution in [0.25, 0.3) is 0 Å². The van der Waals surface area contributed by atoms with Gasteiger partial charge >= 0.3 is 0 Å². The molecule has 0 aromatic heterocycles. The van der Waals surface area contributed by atoms with Gasteiger partial charge in [0.2, 0.25) is 0 Å². The number of nitrogens with one attached hydrogen (secondary N) is 1. The summed E-state index contributed by atoms with van der Waals surface area (Å²) in [5.41, 5.74) is 0.